The lowest BCUT2D eigenvalue weighted by Crippen LogP contribution is -2.47. The van der Waals surface area contributed by atoms with Gasteiger partial charge in [0.15, 0.2) is 5.71 Å². The number of oxime groups is 1. The first-order valence-corrected chi connectivity index (χ1v) is 7.84. The monoisotopic (exact) mass is 294 g/mol. The summed E-state index contributed by atoms with van der Waals surface area (Å²) in [6, 6.07) is 0. The highest BCUT2D eigenvalue weighted by Gasteiger charge is 2.40. The van der Waals surface area contributed by atoms with Crippen molar-refractivity contribution in [3.05, 3.63) is 0 Å². The third-order valence-corrected chi connectivity index (χ3v) is 5.24. The van der Waals surface area contributed by atoms with Crippen molar-refractivity contribution in [3.63, 3.8) is 0 Å². The maximum absolute atomic E-state index is 12.4. The number of aliphatic carboxylic acids is 1. The number of amides is 1. The minimum atomic E-state index is -1.11. The lowest BCUT2D eigenvalue weighted by atomic mass is 9.68. The number of hydrogen-bond donors (Lipinski definition) is 1. The zero-order valence-corrected chi connectivity index (χ0v) is 12.2. The van der Waals surface area contributed by atoms with Crippen molar-refractivity contribution < 1.29 is 19.5 Å². The second-order valence-corrected chi connectivity index (χ2v) is 6.53. The van der Waals surface area contributed by atoms with Gasteiger partial charge in [-0.1, -0.05) is 24.4 Å². The number of piperidine rings is 1. The van der Waals surface area contributed by atoms with Crippen LogP contribution < -0.4 is 0 Å². The van der Waals surface area contributed by atoms with Gasteiger partial charge >= 0.3 is 5.97 Å². The first kappa shape index (κ1) is 14.4. The molecule has 0 aromatic heterocycles. The molecule has 0 radical (unpaired) electrons. The van der Waals surface area contributed by atoms with E-state index in [1.807, 2.05) is 4.90 Å². The van der Waals surface area contributed by atoms with Crippen molar-refractivity contribution in [3.8, 4) is 0 Å². The predicted octanol–water partition coefficient (Wildman–Crippen LogP) is 1.79. The second-order valence-electron chi connectivity index (χ2n) is 6.53. The van der Waals surface area contributed by atoms with Crippen LogP contribution in [0.3, 0.4) is 0 Å². The van der Waals surface area contributed by atoms with Gasteiger partial charge in [-0.05, 0) is 31.1 Å². The molecule has 6 heteroatoms. The van der Waals surface area contributed by atoms with Crippen LogP contribution in [-0.2, 0) is 14.4 Å². The molecule has 2 fully saturated rings. The Bertz CT molecular complexity index is 458. The molecule has 1 aliphatic carbocycles. The van der Waals surface area contributed by atoms with Crippen molar-refractivity contribution >= 4 is 17.6 Å². The summed E-state index contributed by atoms with van der Waals surface area (Å²) in [5, 5.41) is 12.3. The van der Waals surface area contributed by atoms with Crippen LogP contribution in [0.25, 0.3) is 0 Å². The Morgan fingerprint density at radius 2 is 1.81 bits per heavy atom. The molecule has 0 aromatic carbocycles. The fourth-order valence-electron chi connectivity index (χ4n) is 3.84. The normalized spacial score (nSPS) is 28.1. The van der Waals surface area contributed by atoms with Crippen molar-refractivity contribution in [2.75, 3.05) is 13.1 Å². The molecule has 1 spiro atoms. The number of nitrogens with zero attached hydrogens (tertiary/aromatic N) is 2. The SMILES string of the molecule is O=C(O)C1=NOC(C(=O)N2CCC3(CCCCC3)CC2)C1. The minimum absolute atomic E-state index is 0.0610. The average Bonchev–Trinajstić information content (AvgIpc) is 2.98. The average molecular weight is 294 g/mol. The van der Waals surface area contributed by atoms with Gasteiger partial charge in [-0.3, -0.25) is 4.79 Å². The third kappa shape index (κ3) is 2.89. The number of likely N-dealkylation sites (tertiary alicyclic amines) is 1. The van der Waals surface area contributed by atoms with Gasteiger partial charge in [0, 0.05) is 19.5 Å². The maximum Gasteiger partial charge on any atom is 0.353 e. The van der Waals surface area contributed by atoms with E-state index < -0.39 is 12.1 Å². The number of carboxylic acid groups (broad SMARTS) is 1. The van der Waals surface area contributed by atoms with Crippen molar-refractivity contribution in [2.24, 2.45) is 10.6 Å². The van der Waals surface area contributed by atoms with E-state index >= 15 is 0 Å². The molecule has 6 nitrogen and oxygen atoms in total. The molecule has 1 N–H and O–H groups in total. The molecule has 21 heavy (non-hydrogen) atoms. The summed E-state index contributed by atoms with van der Waals surface area (Å²) in [5.41, 5.74) is 0.392. The molecular weight excluding hydrogens is 272 g/mol. The van der Waals surface area contributed by atoms with Gasteiger partial charge in [-0.2, -0.15) is 0 Å². The number of carbonyl (C=O) groups is 2. The summed E-state index contributed by atoms with van der Waals surface area (Å²) in [6.45, 7) is 1.53. The van der Waals surface area contributed by atoms with E-state index in [4.69, 9.17) is 9.94 Å². The van der Waals surface area contributed by atoms with Crippen LogP contribution in [0.4, 0.5) is 0 Å². The highest BCUT2D eigenvalue weighted by atomic mass is 16.6. The zero-order valence-electron chi connectivity index (χ0n) is 12.2. The van der Waals surface area contributed by atoms with Gasteiger partial charge < -0.3 is 14.8 Å². The summed E-state index contributed by atoms with van der Waals surface area (Å²) in [6.07, 6.45) is 8.03. The summed E-state index contributed by atoms with van der Waals surface area (Å²) < 4.78 is 0. The largest absolute Gasteiger partial charge is 0.477 e. The molecular formula is C15H22N2O4. The van der Waals surface area contributed by atoms with Crippen molar-refractivity contribution in [2.45, 2.75) is 57.5 Å². The van der Waals surface area contributed by atoms with E-state index in [1.54, 1.807) is 0 Å². The fraction of sp³-hybridized carbons (Fsp3) is 0.800. The van der Waals surface area contributed by atoms with Crippen LogP contribution in [0.1, 0.15) is 51.4 Å². The Balaban J connectivity index is 1.53. The van der Waals surface area contributed by atoms with Crippen LogP contribution in [0.5, 0.6) is 0 Å². The number of carboxylic acids is 1. The quantitative estimate of drug-likeness (QED) is 0.842. The highest BCUT2D eigenvalue weighted by molar-refractivity contribution is 6.36. The van der Waals surface area contributed by atoms with Crippen LogP contribution in [0.15, 0.2) is 5.16 Å². The molecule has 2 aliphatic heterocycles. The van der Waals surface area contributed by atoms with Crippen LogP contribution >= 0.6 is 0 Å². The third-order valence-electron chi connectivity index (χ3n) is 5.24. The highest BCUT2D eigenvalue weighted by Crippen LogP contribution is 2.44. The van der Waals surface area contributed by atoms with Crippen LogP contribution in [0.2, 0.25) is 0 Å². The molecule has 1 amide bonds. The van der Waals surface area contributed by atoms with E-state index in [-0.39, 0.29) is 18.0 Å². The minimum Gasteiger partial charge on any atom is -0.477 e. The zero-order chi connectivity index (χ0) is 14.9. The van der Waals surface area contributed by atoms with Crippen LogP contribution in [-0.4, -0.2) is 46.8 Å². The Morgan fingerprint density at radius 3 is 2.38 bits per heavy atom. The molecule has 116 valence electrons. The van der Waals surface area contributed by atoms with E-state index in [1.165, 1.54) is 32.1 Å². The number of rotatable bonds is 2. The summed E-state index contributed by atoms with van der Waals surface area (Å²) in [4.78, 5) is 30.0. The van der Waals surface area contributed by atoms with Crippen molar-refractivity contribution in [1.29, 1.82) is 0 Å². The van der Waals surface area contributed by atoms with Gasteiger partial charge in [0.2, 0.25) is 6.10 Å². The smallest absolute Gasteiger partial charge is 0.353 e. The fourth-order valence-corrected chi connectivity index (χ4v) is 3.84. The Morgan fingerprint density at radius 1 is 1.14 bits per heavy atom. The van der Waals surface area contributed by atoms with E-state index in [0.29, 0.717) is 5.41 Å². The number of carbonyl (C=O) groups excluding carboxylic acids is 1. The van der Waals surface area contributed by atoms with Gasteiger partial charge in [0.25, 0.3) is 5.91 Å². The molecule has 1 unspecified atom stereocenters. The molecule has 2 heterocycles. The Hall–Kier alpha value is -1.59. The van der Waals surface area contributed by atoms with Gasteiger partial charge in [-0.15, -0.1) is 0 Å². The summed E-state index contributed by atoms with van der Waals surface area (Å²) in [5.74, 6) is -1.22. The second kappa shape index (κ2) is 5.66. The lowest BCUT2D eigenvalue weighted by molar-refractivity contribution is -0.144. The number of hydrogen-bond acceptors (Lipinski definition) is 4. The molecule has 3 aliphatic rings. The summed E-state index contributed by atoms with van der Waals surface area (Å²) in [7, 11) is 0. The topological polar surface area (TPSA) is 79.2 Å². The standard InChI is InChI=1S/C15H22N2O4/c18-13(12-10-11(14(19)20)16-21-12)17-8-6-15(7-9-17)4-2-1-3-5-15/h12H,1-10H2,(H,19,20). The molecule has 1 saturated heterocycles. The van der Waals surface area contributed by atoms with Crippen LogP contribution in [0, 0.1) is 5.41 Å². The summed E-state index contributed by atoms with van der Waals surface area (Å²) >= 11 is 0. The Kier molecular flexibility index (Phi) is 3.87. The molecule has 0 bridgehead atoms. The lowest BCUT2D eigenvalue weighted by Gasteiger charge is -2.44. The van der Waals surface area contributed by atoms with Gasteiger partial charge in [-0.25, -0.2) is 4.79 Å². The van der Waals surface area contributed by atoms with Gasteiger partial charge in [0.05, 0.1) is 0 Å². The molecule has 3 rings (SSSR count). The van der Waals surface area contributed by atoms with E-state index in [9.17, 15) is 9.59 Å². The van der Waals surface area contributed by atoms with Gasteiger partial charge in [0.1, 0.15) is 0 Å². The molecule has 1 atom stereocenters. The first-order chi connectivity index (χ1) is 10.1. The maximum atomic E-state index is 12.4. The Labute approximate surface area is 124 Å². The van der Waals surface area contributed by atoms with Crippen molar-refractivity contribution in [1.82, 2.24) is 4.90 Å². The molecule has 0 aromatic rings. The van der Waals surface area contributed by atoms with E-state index in [2.05, 4.69) is 5.16 Å². The predicted molar refractivity (Wildman–Crippen MR) is 75.9 cm³/mol. The van der Waals surface area contributed by atoms with E-state index in [0.717, 1.165) is 25.9 Å². The molecule has 1 saturated carbocycles. The first-order valence-electron chi connectivity index (χ1n) is 7.84.